The normalized spacial score (nSPS) is 11.3. The van der Waals surface area contributed by atoms with Crippen LogP contribution in [0.5, 0.6) is 0 Å². The molecule has 0 aliphatic rings. The van der Waals surface area contributed by atoms with Crippen molar-refractivity contribution in [2.45, 2.75) is 0 Å². The molecular formula is C18H13ClN4O2. The average Bonchev–Trinajstić information content (AvgIpc) is 2.62. The van der Waals surface area contributed by atoms with Crippen LogP contribution >= 0.6 is 11.6 Å². The number of rotatable bonds is 4. The van der Waals surface area contributed by atoms with E-state index in [-0.39, 0.29) is 16.5 Å². The van der Waals surface area contributed by atoms with Gasteiger partial charge in [0.1, 0.15) is 5.69 Å². The fourth-order valence-corrected chi connectivity index (χ4v) is 2.50. The Balaban J connectivity index is 2.19. The van der Waals surface area contributed by atoms with Crippen molar-refractivity contribution in [1.82, 2.24) is 4.98 Å². The number of aliphatic imine (C=N–C) groups is 1. The summed E-state index contributed by atoms with van der Waals surface area (Å²) in [6.45, 7) is 0. The van der Waals surface area contributed by atoms with Crippen LogP contribution in [0.3, 0.4) is 0 Å². The molecule has 1 aromatic heterocycles. The molecule has 124 valence electrons. The van der Waals surface area contributed by atoms with Gasteiger partial charge in [-0.2, -0.15) is 0 Å². The quantitative estimate of drug-likeness (QED) is 0.247. The smallest absolute Gasteiger partial charge is 0.271 e. The predicted molar refractivity (Wildman–Crippen MR) is 98.5 cm³/mol. The van der Waals surface area contributed by atoms with Crippen LogP contribution in [0.1, 0.15) is 11.1 Å². The predicted octanol–water partition coefficient (Wildman–Crippen LogP) is 4.39. The second-order valence-corrected chi connectivity index (χ2v) is 5.53. The Labute approximate surface area is 148 Å². The molecule has 0 unspecified atom stereocenters. The minimum Gasteiger partial charge on any atom is -0.398 e. The molecule has 0 fully saturated rings. The molecule has 0 atom stereocenters. The Hall–Kier alpha value is -3.25. The third-order valence-corrected chi connectivity index (χ3v) is 3.81. The van der Waals surface area contributed by atoms with Crippen molar-refractivity contribution in [3.63, 3.8) is 0 Å². The summed E-state index contributed by atoms with van der Waals surface area (Å²) in [5, 5.41) is 11.2. The van der Waals surface area contributed by atoms with Crippen LogP contribution in [0.4, 0.5) is 17.1 Å². The molecule has 0 aliphatic heterocycles. The highest BCUT2D eigenvalue weighted by Crippen LogP contribution is 2.27. The van der Waals surface area contributed by atoms with Crippen LogP contribution in [0.2, 0.25) is 5.15 Å². The maximum absolute atomic E-state index is 10.9. The number of hydrogen-bond donors (Lipinski definition) is 1. The first-order chi connectivity index (χ1) is 12.1. The van der Waals surface area contributed by atoms with Crippen LogP contribution in [-0.4, -0.2) is 15.6 Å². The zero-order valence-electron chi connectivity index (χ0n) is 13.0. The van der Waals surface area contributed by atoms with Gasteiger partial charge in [0, 0.05) is 35.1 Å². The van der Waals surface area contributed by atoms with Gasteiger partial charge in [-0.1, -0.05) is 41.9 Å². The van der Waals surface area contributed by atoms with Gasteiger partial charge in [0.2, 0.25) is 0 Å². The van der Waals surface area contributed by atoms with Gasteiger partial charge in [0.25, 0.3) is 5.69 Å². The summed E-state index contributed by atoms with van der Waals surface area (Å²) in [5.74, 6) is 0. The molecule has 2 N–H and O–H groups in total. The second-order valence-electron chi connectivity index (χ2n) is 5.17. The summed E-state index contributed by atoms with van der Waals surface area (Å²) in [4.78, 5) is 19.1. The number of halogens is 1. The number of nitrogen functional groups attached to an aromatic ring is 1. The van der Waals surface area contributed by atoms with E-state index in [0.717, 1.165) is 5.56 Å². The molecular weight excluding hydrogens is 340 g/mol. The van der Waals surface area contributed by atoms with Crippen molar-refractivity contribution in [1.29, 1.82) is 0 Å². The van der Waals surface area contributed by atoms with E-state index in [1.807, 2.05) is 30.3 Å². The van der Waals surface area contributed by atoms with Crippen molar-refractivity contribution >= 4 is 34.4 Å². The molecule has 0 spiro atoms. The molecule has 0 bridgehead atoms. The fraction of sp³-hybridized carbons (Fsp3) is 0. The molecule has 3 aromatic rings. The topological polar surface area (TPSA) is 94.4 Å². The molecule has 0 saturated carbocycles. The SMILES string of the molecule is Nc1cc([N+](=O)[O-])ccc1C(=Nc1cccnc1Cl)c1ccccc1. The number of nitrogens with zero attached hydrogens (tertiary/aromatic N) is 3. The highest BCUT2D eigenvalue weighted by Gasteiger charge is 2.15. The first-order valence-corrected chi connectivity index (χ1v) is 7.73. The molecule has 6 nitrogen and oxygen atoms in total. The summed E-state index contributed by atoms with van der Waals surface area (Å²) >= 11 is 6.11. The van der Waals surface area contributed by atoms with Gasteiger partial charge in [-0.3, -0.25) is 10.1 Å². The van der Waals surface area contributed by atoms with E-state index < -0.39 is 4.92 Å². The van der Waals surface area contributed by atoms with Crippen LogP contribution in [0.25, 0.3) is 0 Å². The third kappa shape index (κ3) is 3.64. The number of non-ortho nitro benzene ring substituents is 1. The van der Waals surface area contributed by atoms with Crippen molar-refractivity contribution in [3.05, 3.63) is 93.3 Å². The molecule has 7 heteroatoms. The lowest BCUT2D eigenvalue weighted by molar-refractivity contribution is -0.384. The minimum atomic E-state index is -0.489. The lowest BCUT2D eigenvalue weighted by Gasteiger charge is -2.10. The van der Waals surface area contributed by atoms with Gasteiger partial charge in [-0.05, 0) is 18.2 Å². The molecule has 0 radical (unpaired) electrons. The molecule has 25 heavy (non-hydrogen) atoms. The van der Waals surface area contributed by atoms with Crippen LogP contribution < -0.4 is 5.73 Å². The van der Waals surface area contributed by atoms with Gasteiger partial charge >= 0.3 is 0 Å². The van der Waals surface area contributed by atoms with Crippen LogP contribution in [-0.2, 0) is 0 Å². The van der Waals surface area contributed by atoms with Gasteiger partial charge in [-0.25, -0.2) is 9.98 Å². The van der Waals surface area contributed by atoms with E-state index in [1.54, 1.807) is 24.4 Å². The maximum atomic E-state index is 10.9. The Kier molecular flexibility index (Phi) is 4.72. The van der Waals surface area contributed by atoms with E-state index in [2.05, 4.69) is 9.98 Å². The Morgan fingerprint density at radius 1 is 1.12 bits per heavy atom. The number of pyridine rings is 1. The van der Waals surface area contributed by atoms with Crippen molar-refractivity contribution in [2.75, 3.05) is 5.73 Å². The number of aromatic nitrogens is 1. The number of anilines is 1. The van der Waals surface area contributed by atoms with Gasteiger partial charge < -0.3 is 5.73 Å². The van der Waals surface area contributed by atoms with Crippen molar-refractivity contribution < 1.29 is 4.92 Å². The monoisotopic (exact) mass is 352 g/mol. The third-order valence-electron chi connectivity index (χ3n) is 3.52. The standard InChI is InChI=1S/C18H13ClN4O2/c19-18-16(7-4-10-21-18)22-17(12-5-2-1-3-6-12)14-9-8-13(23(24)25)11-15(14)20/h1-11H,20H2. The largest absolute Gasteiger partial charge is 0.398 e. The summed E-state index contributed by atoms with van der Waals surface area (Å²) in [6.07, 6.45) is 1.57. The van der Waals surface area contributed by atoms with Gasteiger partial charge in [0.15, 0.2) is 5.15 Å². The Bertz CT molecular complexity index is 958. The Morgan fingerprint density at radius 3 is 2.52 bits per heavy atom. The zero-order valence-corrected chi connectivity index (χ0v) is 13.7. The minimum absolute atomic E-state index is 0.0759. The first kappa shape index (κ1) is 16.6. The van der Waals surface area contributed by atoms with Crippen LogP contribution in [0, 0.1) is 10.1 Å². The van der Waals surface area contributed by atoms with E-state index >= 15 is 0 Å². The van der Waals surface area contributed by atoms with Gasteiger partial charge in [-0.15, -0.1) is 0 Å². The van der Waals surface area contributed by atoms with Crippen molar-refractivity contribution in [2.24, 2.45) is 4.99 Å². The first-order valence-electron chi connectivity index (χ1n) is 7.35. The highest BCUT2D eigenvalue weighted by molar-refractivity contribution is 6.32. The van der Waals surface area contributed by atoms with E-state index in [4.69, 9.17) is 17.3 Å². The van der Waals surface area contributed by atoms with E-state index in [9.17, 15) is 10.1 Å². The Morgan fingerprint density at radius 2 is 1.88 bits per heavy atom. The fourth-order valence-electron chi connectivity index (χ4n) is 2.34. The summed E-state index contributed by atoms with van der Waals surface area (Å²) in [5.41, 5.74) is 8.67. The number of benzene rings is 2. The average molecular weight is 353 g/mol. The summed E-state index contributed by atoms with van der Waals surface area (Å²) in [7, 11) is 0. The zero-order chi connectivity index (χ0) is 17.8. The molecule has 0 aliphatic carbocycles. The number of nitro benzene ring substituents is 1. The molecule has 0 amide bonds. The van der Waals surface area contributed by atoms with E-state index in [1.165, 1.54) is 12.1 Å². The molecule has 2 aromatic carbocycles. The summed E-state index contributed by atoms with van der Waals surface area (Å²) < 4.78 is 0. The summed E-state index contributed by atoms with van der Waals surface area (Å²) in [6, 6.07) is 17.2. The lowest BCUT2D eigenvalue weighted by Crippen LogP contribution is -2.07. The highest BCUT2D eigenvalue weighted by atomic mass is 35.5. The number of nitrogens with two attached hydrogens (primary N) is 1. The number of nitro groups is 1. The van der Waals surface area contributed by atoms with Crippen LogP contribution in [0.15, 0.2) is 71.9 Å². The molecule has 3 rings (SSSR count). The second kappa shape index (κ2) is 7.11. The van der Waals surface area contributed by atoms with Gasteiger partial charge in [0.05, 0.1) is 10.6 Å². The molecule has 0 saturated heterocycles. The maximum Gasteiger partial charge on any atom is 0.271 e. The van der Waals surface area contributed by atoms with E-state index in [0.29, 0.717) is 17.0 Å². The lowest BCUT2D eigenvalue weighted by atomic mass is 10.00. The van der Waals surface area contributed by atoms with Crippen molar-refractivity contribution in [3.8, 4) is 0 Å². The molecule has 1 heterocycles. The number of hydrogen-bond acceptors (Lipinski definition) is 5.